The highest BCUT2D eigenvalue weighted by atomic mass is 19.4. The molecule has 214 valence electrons. The average Bonchev–Trinajstić information content (AvgIpc) is 3.33. The van der Waals surface area contributed by atoms with Crippen LogP contribution in [0.2, 0.25) is 0 Å². The first-order chi connectivity index (χ1) is 19.4. The number of carbonyl (C=O) groups is 2. The van der Waals surface area contributed by atoms with Crippen LogP contribution in [0.3, 0.4) is 0 Å². The van der Waals surface area contributed by atoms with Crippen LogP contribution in [-0.2, 0) is 22.4 Å². The highest BCUT2D eigenvalue weighted by molar-refractivity contribution is 6.08. The second kappa shape index (κ2) is 11.8. The van der Waals surface area contributed by atoms with Gasteiger partial charge < -0.3 is 26.2 Å². The first-order valence-electron chi connectivity index (χ1n) is 12.7. The molecular weight excluding hydrogens is 542 g/mol. The lowest BCUT2D eigenvalue weighted by atomic mass is 9.96. The number of primary amides is 1. The first kappa shape index (κ1) is 29.2. The average molecular weight is 570 g/mol. The van der Waals surface area contributed by atoms with Crippen molar-refractivity contribution < 1.29 is 31.9 Å². The summed E-state index contributed by atoms with van der Waals surface area (Å²) in [6, 6.07) is 13.0. The fraction of sp³-hybridized carbons (Fsp3) is 0.241. The van der Waals surface area contributed by atoms with E-state index >= 15 is 0 Å². The number of rotatable bonds is 10. The van der Waals surface area contributed by atoms with Crippen molar-refractivity contribution in [2.45, 2.75) is 45.4 Å². The van der Waals surface area contributed by atoms with E-state index in [0.29, 0.717) is 40.1 Å². The Labute approximate surface area is 232 Å². The number of fused-ring (bicyclic) bond motifs is 1. The quantitative estimate of drug-likeness (QED) is 0.102. The molecule has 2 heterocycles. The third-order valence-corrected chi connectivity index (χ3v) is 6.44. The van der Waals surface area contributed by atoms with Gasteiger partial charge in [0.25, 0.3) is 5.91 Å². The van der Waals surface area contributed by atoms with E-state index in [2.05, 4.69) is 20.0 Å². The lowest BCUT2D eigenvalue weighted by molar-refractivity contribution is -0.203. The number of halogens is 4. The van der Waals surface area contributed by atoms with Crippen molar-refractivity contribution >= 4 is 40.0 Å². The van der Waals surface area contributed by atoms with Crippen LogP contribution in [0, 0.1) is 11.2 Å². The summed E-state index contributed by atoms with van der Waals surface area (Å²) in [4.78, 5) is 30.9. The van der Waals surface area contributed by atoms with E-state index in [0.717, 1.165) is 11.1 Å². The number of nitrogens with one attached hydrogen (secondary N) is 3. The largest absolute Gasteiger partial charge is 0.490 e. The second-order valence-electron chi connectivity index (χ2n) is 9.48. The maximum absolute atomic E-state index is 13.4. The molecule has 5 N–H and O–H groups in total. The van der Waals surface area contributed by atoms with E-state index in [4.69, 9.17) is 11.1 Å². The van der Waals surface area contributed by atoms with Gasteiger partial charge in [0.05, 0.1) is 11.3 Å². The van der Waals surface area contributed by atoms with Crippen molar-refractivity contribution in [1.29, 1.82) is 5.41 Å². The van der Waals surface area contributed by atoms with E-state index < -0.39 is 24.2 Å². The number of H-pyrrole nitrogens is 1. The molecule has 2 aromatic carbocycles. The van der Waals surface area contributed by atoms with Crippen LogP contribution in [-0.4, -0.2) is 39.8 Å². The highest BCUT2D eigenvalue weighted by Crippen LogP contribution is 2.34. The van der Waals surface area contributed by atoms with Crippen molar-refractivity contribution in [3.63, 3.8) is 0 Å². The van der Waals surface area contributed by atoms with Gasteiger partial charge in [-0.25, -0.2) is 14.2 Å². The fourth-order valence-electron chi connectivity index (χ4n) is 4.59. The zero-order valence-electron chi connectivity index (χ0n) is 22.2. The van der Waals surface area contributed by atoms with Gasteiger partial charge in [0.1, 0.15) is 17.6 Å². The molecule has 1 amide bonds. The molecule has 4 aromatic rings. The molecule has 0 saturated heterocycles. The molecule has 1 atom stereocenters. The Morgan fingerprint density at radius 3 is 2.51 bits per heavy atom. The Morgan fingerprint density at radius 1 is 1.17 bits per heavy atom. The van der Waals surface area contributed by atoms with Crippen LogP contribution in [0.4, 0.5) is 28.9 Å². The number of esters is 1. The van der Waals surface area contributed by atoms with Crippen LogP contribution < -0.4 is 11.1 Å². The number of hydrogen-bond donors (Lipinski definition) is 4. The monoisotopic (exact) mass is 569 g/mol. The van der Waals surface area contributed by atoms with E-state index in [1.54, 1.807) is 36.4 Å². The Kier molecular flexibility index (Phi) is 8.41. The minimum atomic E-state index is -5.10. The first-order valence-corrected chi connectivity index (χ1v) is 12.7. The molecule has 0 radical (unpaired) electrons. The van der Waals surface area contributed by atoms with Gasteiger partial charge in [-0.05, 0) is 66.4 Å². The van der Waals surface area contributed by atoms with E-state index in [-0.39, 0.29) is 29.9 Å². The van der Waals surface area contributed by atoms with Gasteiger partial charge >= 0.3 is 12.1 Å². The van der Waals surface area contributed by atoms with Crippen molar-refractivity contribution in [2.24, 2.45) is 5.73 Å². The summed E-state index contributed by atoms with van der Waals surface area (Å²) < 4.78 is 55.4. The number of benzene rings is 2. The summed E-state index contributed by atoms with van der Waals surface area (Å²) in [5, 5.41) is 12.2. The number of hydrogen-bond acceptors (Lipinski definition) is 6. The number of carbonyl (C=O) groups excluding carboxylic acids is 2. The Balaban J connectivity index is 1.64. The summed E-state index contributed by atoms with van der Waals surface area (Å²) in [6.45, 7) is 3.20. The van der Waals surface area contributed by atoms with Crippen molar-refractivity contribution in [3.05, 3.63) is 77.2 Å². The van der Waals surface area contributed by atoms with Gasteiger partial charge in [-0.2, -0.15) is 13.2 Å². The summed E-state index contributed by atoms with van der Waals surface area (Å²) in [5.74, 6) is -3.37. The fourth-order valence-corrected chi connectivity index (χ4v) is 4.59. The molecule has 1 unspecified atom stereocenters. The molecule has 2 aromatic heterocycles. The molecule has 0 aliphatic heterocycles. The molecular formula is C29H27F4N5O3. The van der Waals surface area contributed by atoms with E-state index in [1.165, 1.54) is 25.3 Å². The lowest BCUT2D eigenvalue weighted by Gasteiger charge is -2.19. The van der Waals surface area contributed by atoms with Crippen LogP contribution in [0.5, 0.6) is 0 Å². The Morgan fingerprint density at radius 2 is 1.88 bits per heavy atom. The molecule has 4 rings (SSSR count). The standard InChI is InChI=1S/C29H27F4N5O3/c1-3-20-17(12-19(34)11-15(2)41-28(40)29(31,32)33)5-4-6-23(20)37-25-21-13-24(16-7-9-18(30)10-8-16)38-27(21)36-14-22(25)26(35)39/h4-10,13-15,34H,3,11-12H2,1-2H3,(H2,35,39)(H2,36,37,38). The zero-order valence-corrected chi connectivity index (χ0v) is 22.2. The number of nitrogens with two attached hydrogens (primary N) is 1. The zero-order chi connectivity index (χ0) is 29.9. The number of anilines is 2. The summed E-state index contributed by atoms with van der Waals surface area (Å²) in [5.41, 5.74) is 10.3. The van der Waals surface area contributed by atoms with Crippen LogP contribution >= 0.6 is 0 Å². The van der Waals surface area contributed by atoms with Crippen molar-refractivity contribution in [1.82, 2.24) is 9.97 Å². The lowest BCUT2D eigenvalue weighted by Crippen LogP contribution is -2.30. The van der Waals surface area contributed by atoms with Gasteiger partial charge in [-0.1, -0.05) is 19.1 Å². The Hall–Kier alpha value is -4.74. The van der Waals surface area contributed by atoms with Crippen molar-refractivity contribution in [3.8, 4) is 11.3 Å². The number of aromatic nitrogens is 2. The molecule has 0 spiro atoms. The molecule has 41 heavy (non-hydrogen) atoms. The normalized spacial score (nSPS) is 12.2. The maximum atomic E-state index is 13.4. The number of ether oxygens (including phenoxy) is 1. The number of amides is 1. The van der Waals surface area contributed by atoms with Gasteiger partial charge in [-0.3, -0.25) is 4.79 Å². The second-order valence-corrected chi connectivity index (χ2v) is 9.48. The Bertz CT molecular complexity index is 1610. The van der Waals surface area contributed by atoms with Crippen LogP contribution in [0.1, 0.15) is 41.8 Å². The van der Waals surface area contributed by atoms with Gasteiger partial charge in [0.15, 0.2) is 0 Å². The van der Waals surface area contributed by atoms with E-state index in [9.17, 15) is 27.2 Å². The van der Waals surface area contributed by atoms with Crippen LogP contribution in [0.25, 0.3) is 22.3 Å². The topological polar surface area (TPSA) is 134 Å². The van der Waals surface area contributed by atoms with Crippen molar-refractivity contribution in [2.75, 3.05) is 5.32 Å². The summed E-state index contributed by atoms with van der Waals surface area (Å²) in [7, 11) is 0. The summed E-state index contributed by atoms with van der Waals surface area (Å²) >= 11 is 0. The molecule has 8 nitrogen and oxygen atoms in total. The number of alkyl halides is 3. The maximum Gasteiger partial charge on any atom is 0.490 e. The van der Waals surface area contributed by atoms with Gasteiger partial charge in [0, 0.05) is 41.5 Å². The SMILES string of the molecule is CCc1c(CC(=N)CC(C)OC(=O)C(F)(F)F)cccc1Nc1c(C(N)=O)cnc2[nH]c(-c3ccc(F)cc3)cc12. The molecule has 0 saturated carbocycles. The minimum absolute atomic E-state index is 0.0815. The minimum Gasteiger partial charge on any atom is -0.456 e. The van der Waals surface area contributed by atoms with E-state index in [1.807, 2.05) is 6.92 Å². The van der Waals surface area contributed by atoms with Crippen LogP contribution in [0.15, 0.2) is 54.7 Å². The molecule has 0 bridgehead atoms. The number of pyridine rings is 1. The smallest absolute Gasteiger partial charge is 0.456 e. The van der Waals surface area contributed by atoms with Gasteiger partial charge in [-0.15, -0.1) is 0 Å². The third-order valence-electron chi connectivity index (χ3n) is 6.44. The predicted molar refractivity (Wildman–Crippen MR) is 147 cm³/mol. The number of aromatic amines is 1. The van der Waals surface area contributed by atoms with Gasteiger partial charge in [0.2, 0.25) is 0 Å². The number of nitrogens with zero attached hydrogens (tertiary/aromatic N) is 1. The molecule has 0 aliphatic carbocycles. The molecule has 0 fully saturated rings. The molecule has 12 heteroatoms. The third kappa shape index (κ3) is 6.71. The summed E-state index contributed by atoms with van der Waals surface area (Å²) in [6.07, 6.45) is -4.41. The predicted octanol–water partition coefficient (Wildman–Crippen LogP) is 6.22. The highest BCUT2D eigenvalue weighted by Gasteiger charge is 2.41. The molecule has 0 aliphatic rings.